The summed E-state index contributed by atoms with van der Waals surface area (Å²) in [6.07, 6.45) is 0.844. The van der Waals surface area contributed by atoms with Gasteiger partial charge in [-0.15, -0.1) is 0 Å². The van der Waals surface area contributed by atoms with Crippen LogP contribution in [0.2, 0.25) is 10.0 Å². The quantitative estimate of drug-likeness (QED) is 0.875. The molecule has 0 heterocycles. The Labute approximate surface area is 139 Å². The van der Waals surface area contributed by atoms with E-state index in [0.717, 1.165) is 17.7 Å². The number of carbonyl (C=O) groups excluding carboxylic acids is 1. The average molecular weight is 336 g/mol. The zero-order chi connectivity index (χ0) is 15.7. The Morgan fingerprint density at radius 3 is 2.59 bits per heavy atom. The summed E-state index contributed by atoms with van der Waals surface area (Å²) < 4.78 is 5.14. The lowest BCUT2D eigenvalue weighted by molar-refractivity contribution is -0.117. The molecule has 114 valence electrons. The van der Waals surface area contributed by atoms with Crippen LogP contribution < -0.4 is 10.1 Å². The van der Waals surface area contributed by atoms with E-state index in [2.05, 4.69) is 5.32 Å². The van der Waals surface area contributed by atoms with Gasteiger partial charge in [-0.3, -0.25) is 4.79 Å². The Hall–Kier alpha value is -1.71. The second-order valence-electron chi connectivity index (χ2n) is 5.34. The smallest absolute Gasteiger partial charge is 0.228 e. The molecule has 0 aromatic heterocycles. The first-order valence-corrected chi connectivity index (χ1v) is 7.74. The molecule has 0 spiro atoms. The fourth-order valence-electron chi connectivity index (χ4n) is 2.52. The molecule has 1 N–H and O–H groups in total. The van der Waals surface area contributed by atoms with Crippen LogP contribution >= 0.6 is 23.2 Å². The minimum atomic E-state index is -0.0246. The van der Waals surface area contributed by atoms with Crippen molar-refractivity contribution in [1.82, 2.24) is 0 Å². The summed E-state index contributed by atoms with van der Waals surface area (Å²) in [4.78, 5) is 12.3. The van der Waals surface area contributed by atoms with Gasteiger partial charge in [-0.05, 0) is 48.2 Å². The van der Waals surface area contributed by atoms with Gasteiger partial charge in [-0.2, -0.15) is 0 Å². The Kier molecular flexibility index (Phi) is 4.27. The maximum atomic E-state index is 12.3. The molecule has 2 aromatic carbocycles. The summed E-state index contributed by atoms with van der Waals surface area (Å²) in [7, 11) is 1.64. The maximum Gasteiger partial charge on any atom is 0.228 e. The van der Waals surface area contributed by atoms with Crippen LogP contribution in [0.25, 0.3) is 0 Å². The van der Waals surface area contributed by atoms with Crippen molar-refractivity contribution in [2.45, 2.75) is 12.3 Å². The van der Waals surface area contributed by atoms with Gasteiger partial charge in [0.15, 0.2) is 0 Å². The molecule has 2 aromatic rings. The van der Waals surface area contributed by atoms with Crippen LogP contribution in [0.1, 0.15) is 17.9 Å². The molecule has 1 fully saturated rings. The first-order valence-electron chi connectivity index (χ1n) is 6.98. The number of hydrogen-bond acceptors (Lipinski definition) is 2. The van der Waals surface area contributed by atoms with Crippen LogP contribution in [-0.2, 0) is 4.79 Å². The Bertz CT molecular complexity index is 700. The third kappa shape index (κ3) is 3.21. The summed E-state index contributed by atoms with van der Waals surface area (Å²) >= 11 is 12.0. The minimum Gasteiger partial charge on any atom is -0.497 e. The van der Waals surface area contributed by atoms with Gasteiger partial charge in [0.1, 0.15) is 5.75 Å². The minimum absolute atomic E-state index is 0.0232. The molecule has 1 aliphatic rings. The highest BCUT2D eigenvalue weighted by Gasteiger charge is 2.44. The largest absolute Gasteiger partial charge is 0.497 e. The molecular formula is C17H15Cl2NO2. The van der Waals surface area contributed by atoms with Gasteiger partial charge in [0.25, 0.3) is 0 Å². The monoisotopic (exact) mass is 335 g/mol. The molecule has 1 saturated carbocycles. The van der Waals surface area contributed by atoms with E-state index in [1.807, 2.05) is 24.3 Å². The van der Waals surface area contributed by atoms with E-state index in [0.29, 0.717) is 15.7 Å². The summed E-state index contributed by atoms with van der Waals surface area (Å²) in [6, 6.07) is 12.9. The van der Waals surface area contributed by atoms with Crippen molar-refractivity contribution in [1.29, 1.82) is 0 Å². The zero-order valence-corrected chi connectivity index (χ0v) is 13.5. The molecule has 22 heavy (non-hydrogen) atoms. The number of methoxy groups -OCH3 is 1. The summed E-state index contributed by atoms with van der Waals surface area (Å²) in [5, 5.41) is 3.88. The number of rotatable bonds is 4. The fourth-order valence-corrected chi connectivity index (χ4v) is 2.86. The number of carbonyl (C=O) groups is 1. The molecule has 0 radical (unpaired) electrons. The summed E-state index contributed by atoms with van der Waals surface area (Å²) in [6.45, 7) is 0. The van der Waals surface area contributed by atoms with Gasteiger partial charge < -0.3 is 10.1 Å². The van der Waals surface area contributed by atoms with Gasteiger partial charge in [0, 0.05) is 10.9 Å². The number of halogens is 2. The van der Waals surface area contributed by atoms with Crippen molar-refractivity contribution in [2.24, 2.45) is 5.92 Å². The first-order chi connectivity index (χ1) is 10.6. The predicted molar refractivity (Wildman–Crippen MR) is 88.9 cm³/mol. The van der Waals surface area contributed by atoms with Crippen LogP contribution in [-0.4, -0.2) is 13.0 Å². The van der Waals surface area contributed by atoms with E-state index in [1.165, 1.54) is 0 Å². The van der Waals surface area contributed by atoms with Gasteiger partial charge in [-0.25, -0.2) is 0 Å². The number of benzene rings is 2. The van der Waals surface area contributed by atoms with E-state index in [4.69, 9.17) is 27.9 Å². The molecule has 3 rings (SSSR count). The Morgan fingerprint density at radius 1 is 1.18 bits per heavy atom. The standard InChI is InChI=1S/C17H15Cl2NO2/c1-22-12-5-2-10(3-6-12)13-9-14(13)17(21)20-16-8-11(18)4-7-15(16)19/h2-8,13-14H,9H2,1H3,(H,20,21). The third-order valence-electron chi connectivity index (χ3n) is 3.86. The van der Waals surface area contributed by atoms with Gasteiger partial charge >= 0.3 is 0 Å². The third-order valence-corrected chi connectivity index (χ3v) is 4.42. The second-order valence-corrected chi connectivity index (χ2v) is 6.18. The number of amides is 1. The van der Waals surface area contributed by atoms with Crippen LogP contribution in [0.4, 0.5) is 5.69 Å². The van der Waals surface area contributed by atoms with E-state index >= 15 is 0 Å². The fraction of sp³-hybridized carbons (Fsp3) is 0.235. The van der Waals surface area contributed by atoms with E-state index in [1.54, 1.807) is 25.3 Å². The van der Waals surface area contributed by atoms with Crippen LogP contribution in [0.3, 0.4) is 0 Å². The molecule has 0 saturated heterocycles. The molecule has 1 amide bonds. The number of anilines is 1. The van der Waals surface area contributed by atoms with Crippen molar-refractivity contribution in [3.05, 3.63) is 58.1 Å². The highest BCUT2D eigenvalue weighted by Crippen LogP contribution is 2.48. The predicted octanol–water partition coefficient (Wildman–Crippen LogP) is 4.74. The molecule has 1 aliphatic carbocycles. The van der Waals surface area contributed by atoms with Gasteiger partial charge in [0.05, 0.1) is 17.8 Å². The lowest BCUT2D eigenvalue weighted by Crippen LogP contribution is -2.14. The average Bonchev–Trinajstić information content (AvgIpc) is 3.32. The van der Waals surface area contributed by atoms with Crippen LogP contribution in [0, 0.1) is 5.92 Å². The highest BCUT2D eigenvalue weighted by molar-refractivity contribution is 6.35. The summed E-state index contributed by atoms with van der Waals surface area (Å²) in [5.41, 5.74) is 1.71. The van der Waals surface area contributed by atoms with Crippen molar-refractivity contribution in [2.75, 3.05) is 12.4 Å². The van der Waals surface area contributed by atoms with E-state index in [-0.39, 0.29) is 17.7 Å². The number of hydrogen-bond donors (Lipinski definition) is 1. The summed E-state index contributed by atoms with van der Waals surface area (Å²) in [5.74, 6) is 1.02. The van der Waals surface area contributed by atoms with Crippen LogP contribution in [0.15, 0.2) is 42.5 Å². The van der Waals surface area contributed by atoms with Crippen molar-refractivity contribution >= 4 is 34.8 Å². The van der Waals surface area contributed by atoms with Crippen molar-refractivity contribution in [3.63, 3.8) is 0 Å². The molecule has 2 unspecified atom stereocenters. The van der Waals surface area contributed by atoms with Gasteiger partial charge in [0.2, 0.25) is 5.91 Å². The molecule has 3 nitrogen and oxygen atoms in total. The van der Waals surface area contributed by atoms with E-state index < -0.39 is 0 Å². The zero-order valence-electron chi connectivity index (χ0n) is 12.0. The Balaban J connectivity index is 1.66. The highest BCUT2D eigenvalue weighted by atomic mass is 35.5. The van der Waals surface area contributed by atoms with Crippen LogP contribution in [0.5, 0.6) is 5.75 Å². The second kappa shape index (κ2) is 6.19. The lowest BCUT2D eigenvalue weighted by atomic mass is 10.1. The number of ether oxygens (including phenoxy) is 1. The molecule has 0 aliphatic heterocycles. The van der Waals surface area contributed by atoms with Gasteiger partial charge in [-0.1, -0.05) is 35.3 Å². The maximum absolute atomic E-state index is 12.3. The Morgan fingerprint density at radius 2 is 1.91 bits per heavy atom. The molecule has 0 bridgehead atoms. The first kappa shape index (κ1) is 15.2. The van der Waals surface area contributed by atoms with E-state index in [9.17, 15) is 4.79 Å². The lowest BCUT2D eigenvalue weighted by Gasteiger charge is -2.08. The van der Waals surface area contributed by atoms with Crippen molar-refractivity contribution < 1.29 is 9.53 Å². The topological polar surface area (TPSA) is 38.3 Å². The molecule has 5 heteroatoms. The molecular weight excluding hydrogens is 321 g/mol. The SMILES string of the molecule is COc1ccc(C2CC2C(=O)Nc2cc(Cl)ccc2Cl)cc1. The normalized spacial score (nSPS) is 19.6. The molecule has 2 atom stereocenters. The van der Waals surface area contributed by atoms with Crippen molar-refractivity contribution in [3.8, 4) is 5.75 Å². The number of nitrogens with one attached hydrogen (secondary N) is 1.